The van der Waals surface area contributed by atoms with E-state index < -0.39 is 0 Å². The van der Waals surface area contributed by atoms with Gasteiger partial charge in [-0.05, 0) is 6.92 Å². The van der Waals surface area contributed by atoms with Gasteiger partial charge in [0.25, 0.3) is 0 Å². The molecule has 0 aliphatic carbocycles. The van der Waals surface area contributed by atoms with E-state index in [2.05, 4.69) is 5.32 Å². The molecule has 0 bridgehead atoms. The third-order valence-corrected chi connectivity index (χ3v) is 2.91. The van der Waals surface area contributed by atoms with E-state index in [1.54, 1.807) is 0 Å². The molecule has 0 amide bonds. The lowest BCUT2D eigenvalue weighted by Crippen LogP contribution is -2.51. The summed E-state index contributed by atoms with van der Waals surface area (Å²) in [6, 6.07) is 0. The molecule has 0 aromatic heterocycles. The number of halogens is 1. The molecule has 0 radical (unpaired) electrons. The van der Waals surface area contributed by atoms with Gasteiger partial charge in [-0.2, -0.15) is 0 Å². The quantitative estimate of drug-likeness (QED) is 0.678. The number of esters is 1. The molecule has 2 heterocycles. The van der Waals surface area contributed by atoms with Crippen LogP contribution in [0.5, 0.6) is 0 Å². The first kappa shape index (κ1) is 11.8. The monoisotopic (exact) mass is 221 g/mol. The third kappa shape index (κ3) is 1.74. The fraction of sp³-hybridized carbons (Fsp3) is 0.889. The summed E-state index contributed by atoms with van der Waals surface area (Å²) in [5.74, 6) is -0.0722. The molecule has 82 valence electrons. The van der Waals surface area contributed by atoms with Crippen LogP contribution in [0, 0.1) is 11.3 Å². The summed E-state index contributed by atoms with van der Waals surface area (Å²) < 4.78 is 10.2. The number of rotatable bonds is 2. The van der Waals surface area contributed by atoms with E-state index in [0.717, 1.165) is 13.1 Å². The molecule has 4 nitrogen and oxygen atoms in total. The van der Waals surface area contributed by atoms with Gasteiger partial charge in [0.2, 0.25) is 0 Å². The van der Waals surface area contributed by atoms with E-state index in [1.165, 1.54) is 0 Å². The molecule has 1 N–H and O–H groups in total. The Morgan fingerprint density at radius 1 is 1.64 bits per heavy atom. The average Bonchev–Trinajstić information content (AvgIpc) is 2.46. The molecule has 1 atom stereocenters. The van der Waals surface area contributed by atoms with Crippen molar-refractivity contribution >= 4 is 18.4 Å². The van der Waals surface area contributed by atoms with Crippen molar-refractivity contribution in [3.8, 4) is 0 Å². The van der Waals surface area contributed by atoms with Crippen LogP contribution in [0.3, 0.4) is 0 Å². The maximum Gasteiger partial charge on any atom is 0.311 e. The highest BCUT2D eigenvalue weighted by atomic mass is 35.5. The van der Waals surface area contributed by atoms with Crippen molar-refractivity contribution in [1.29, 1.82) is 0 Å². The minimum Gasteiger partial charge on any atom is -0.466 e. The van der Waals surface area contributed by atoms with Gasteiger partial charge < -0.3 is 14.8 Å². The Kier molecular flexibility index (Phi) is 3.75. The van der Waals surface area contributed by atoms with Crippen LogP contribution in [-0.4, -0.2) is 38.9 Å². The molecule has 2 aliphatic heterocycles. The van der Waals surface area contributed by atoms with Gasteiger partial charge in [0, 0.05) is 18.5 Å². The van der Waals surface area contributed by atoms with E-state index in [4.69, 9.17) is 9.47 Å². The molecule has 0 aromatic rings. The van der Waals surface area contributed by atoms with Crippen molar-refractivity contribution in [2.45, 2.75) is 6.92 Å². The molecule has 1 spiro atoms. The zero-order valence-corrected chi connectivity index (χ0v) is 9.06. The van der Waals surface area contributed by atoms with Gasteiger partial charge in [-0.1, -0.05) is 0 Å². The summed E-state index contributed by atoms with van der Waals surface area (Å²) in [5, 5.41) is 3.22. The van der Waals surface area contributed by atoms with Crippen molar-refractivity contribution < 1.29 is 14.3 Å². The van der Waals surface area contributed by atoms with Crippen LogP contribution >= 0.6 is 12.4 Å². The van der Waals surface area contributed by atoms with Gasteiger partial charge in [0.1, 0.15) is 0 Å². The lowest BCUT2D eigenvalue weighted by molar-refractivity contribution is -0.169. The highest BCUT2D eigenvalue weighted by Crippen LogP contribution is 2.39. The number of nitrogens with one attached hydrogen (secondary N) is 1. The Labute approximate surface area is 89.7 Å². The molecule has 2 rings (SSSR count). The summed E-state index contributed by atoms with van der Waals surface area (Å²) in [6.07, 6.45) is 0. The van der Waals surface area contributed by atoms with Crippen LogP contribution in [0.4, 0.5) is 0 Å². The van der Waals surface area contributed by atoms with Gasteiger partial charge in [-0.25, -0.2) is 0 Å². The van der Waals surface area contributed by atoms with Crippen molar-refractivity contribution in [2.75, 3.05) is 32.9 Å². The van der Waals surface area contributed by atoms with E-state index in [9.17, 15) is 4.79 Å². The molecular weight excluding hydrogens is 206 g/mol. The number of hydrogen-bond acceptors (Lipinski definition) is 4. The van der Waals surface area contributed by atoms with Gasteiger partial charge in [0.05, 0.1) is 25.7 Å². The summed E-state index contributed by atoms with van der Waals surface area (Å²) in [5.41, 5.74) is 0.0479. The Morgan fingerprint density at radius 3 is 2.86 bits per heavy atom. The number of carbonyl (C=O) groups is 1. The standard InChI is InChI=1S/C9H15NO3.ClH/c1-2-13-8(11)7-3-10-4-9(7)5-12-6-9;/h7,10H,2-6H2,1H3;1H. The minimum atomic E-state index is -0.0733. The maximum atomic E-state index is 11.5. The van der Waals surface area contributed by atoms with Crippen molar-refractivity contribution in [1.82, 2.24) is 5.32 Å². The molecule has 5 heteroatoms. The molecule has 2 saturated heterocycles. The van der Waals surface area contributed by atoms with E-state index in [-0.39, 0.29) is 29.7 Å². The Balaban J connectivity index is 0.000000980. The van der Waals surface area contributed by atoms with Crippen LogP contribution < -0.4 is 5.32 Å². The predicted octanol–water partition coefficient (Wildman–Crippen LogP) is 0.207. The normalized spacial score (nSPS) is 27.9. The molecule has 0 aromatic carbocycles. The molecule has 14 heavy (non-hydrogen) atoms. The van der Waals surface area contributed by atoms with Crippen LogP contribution in [0.2, 0.25) is 0 Å². The predicted molar refractivity (Wildman–Crippen MR) is 53.5 cm³/mol. The van der Waals surface area contributed by atoms with Crippen molar-refractivity contribution in [2.24, 2.45) is 11.3 Å². The SMILES string of the molecule is CCOC(=O)C1CNCC12COC2.Cl. The molecule has 2 fully saturated rings. The molecule has 0 saturated carbocycles. The fourth-order valence-corrected chi connectivity index (χ4v) is 2.05. The summed E-state index contributed by atoms with van der Waals surface area (Å²) >= 11 is 0. The molecule has 1 unspecified atom stereocenters. The highest BCUT2D eigenvalue weighted by Gasteiger charge is 2.52. The van der Waals surface area contributed by atoms with Crippen molar-refractivity contribution in [3.05, 3.63) is 0 Å². The van der Waals surface area contributed by atoms with Gasteiger partial charge in [-0.3, -0.25) is 4.79 Å². The highest BCUT2D eigenvalue weighted by molar-refractivity contribution is 5.85. The second-order valence-electron chi connectivity index (χ2n) is 3.79. The fourth-order valence-electron chi connectivity index (χ4n) is 2.05. The Hall–Kier alpha value is -0.320. The number of hydrogen-bond donors (Lipinski definition) is 1. The number of carbonyl (C=O) groups excluding carboxylic acids is 1. The Bertz CT molecular complexity index is 218. The van der Waals surface area contributed by atoms with Gasteiger partial charge in [-0.15, -0.1) is 12.4 Å². The van der Waals surface area contributed by atoms with E-state index in [1.807, 2.05) is 6.92 Å². The van der Waals surface area contributed by atoms with Gasteiger partial charge in [0.15, 0.2) is 0 Å². The first-order chi connectivity index (χ1) is 6.28. The van der Waals surface area contributed by atoms with Crippen LogP contribution in [0.25, 0.3) is 0 Å². The largest absolute Gasteiger partial charge is 0.466 e. The average molecular weight is 222 g/mol. The first-order valence-corrected chi connectivity index (χ1v) is 4.73. The van der Waals surface area contributed by atoms with Crippen LogP contribution in [0.15, 0.2) is 0 Å². The second-order valence-corrected chi connectivity index (χ2v) is 3.79. The first-order valence-electron chi connectivity index (χ1n) is 4.73. The molecular formula is C9H16ClNO3. The third-order valence-electron chi connectivity index (χ3n) is 2.91. The lowest BCUT2D eigenvalue weighted by Gasteiger charge is -2.40. The van der Waals surface area contributed by atoms with E-state index >= 15 is 0 Å². The van der Waals surface area contributed by atoms with Gasteiger partial charge >= 0.3 is 5.97 Å². The zero-order chi connectivity index (χ0) is 9.31. The Morgan fingerprint density at radius 2 is 2.36 bits per heavy atom. The number of ether oxygens (including phenoxy) is 2. The van der Waals surface area contributed by atoms with Crippen LogP contribution in [0.1, 0.15) is 6.92 Å². The van der Waals surface area contributed by atoms with E-state index in [0.29, 0.717) is 19.8 Å². The summed E-state index contributed by atoms with van der Waals surface area (Å²) in [7, 11) is 0. The topological polar surface area (TPSA) is 47.6 Å². The maximum absolute atomic E-state index is 11.5. The van der Waals surface area contributed by atoms with Crippen LogP contribution in [-0.2, 0) is 14.3 Å². The summed E-state index contributed by atoms with van der Waals surface area (Å²) in [6.45, 7) is 5.32. The minimum absolute atomic E-state index is 0. The summed E-state index contributed by atoms with van der Waals surface area (Å²) in [4.78, 5) is 11.5. The smallest absolute Gasteiger partial charge is 0.311 e. The van der Waals surface area contributed by atoms with Crippen molar-refractivity contribution in [3.63, 3.8) is 0 Å². The zero-order valence-electron chi connectivity index (χ0n) is 8.25. The molecule has 2 aliphatic rings. The second kappa shape index (κ2) is 4.47. The lowest BCUT2D eigenvalue weighted by atomic mass is 9.76.